The van der Waals surface area contributed by atoms with Gasteiger partial charge in [-0.3, -0.25) is 4.79 Å². The normalized spacial score (nSPS) is 10.6. The van der Waals surface area contributed by atoms with Crippen LogP contribution in [0.3, 0.4) is 0 Å². The Kier molecular flexibility index (Phi) is 7.04. The summed E-state index contributed by atoms with van der Waals surface area (Å²) in [6.45, 7) is 1.50. The highest BCUT2D eigenvalue weighted by molar-refractivity contribution is 6.00. The molecule has 8 heteroatoms. The summed E-state index contributed by atoms with van der Waals surface area (Å²) in [5.74, 6) is -0.127. The van der Waals surface area contributed by atoms with Crippen LogP contribution in [0.4, 0.5) is 5.69 Å². The van der Waals surface area contributed by atoms with Gasteiger partial charge < -0.3 is 24.3 Å². The molecule has 3 rings (SSSR count). The van der Waals surface area contributed by atoms with Crippen molar-refractivity contribution in [2.75, 3.05) is 33.3 Å². The number of aryl methyl sites for hydroxylation is 1. The molecule has 0 radical (unpaired) electrons. The van der Waals surface area contributed by atoms with Crippen molar-refractivity contribution in [3.63, 3.8) is 0 Å². The Labute approximate surface area is 180 Å². The van der Waals surface area contributed by atoms with E-state index in [2.05, 4.69) is 10.3 Å². The van der Waals surface area contributed by atoms with Gasteiger partial charge in [-0.15, -0.1) is 0 Å². The summed E-state index contributed by atoms with van der Waals surface area (Å²) < 4.78 is 20.9. The van der Waals surface area contributed by atoms with Gasteiger partial charge in [0.2, 0.25) is 0 Å². The summed E-state index contributed by atoms with van der Waals surface area (Å²) >= 11 is 0. The Morgan fingerprint density at radius 2 is 1.81 bits per heavy atom. The topological polar surface area (TPSA) is 96.0 Å². The Morgan fingerprint density at radius 1 is 1.03 bits per heavy atom. The number of pyridine rings is 1. The number of fused-ring (bicyclic) bond motifs is 1. The first kappa shape index (κ1) is 22.0. The van der Waals surface area contributed by atoms with Crippen LogP contribution in [0.2, 0.25) is 0 Å². The van der Waals surface area contributed by atoms with Crippen molar-refractivity contribution in [3.05, 3.63) is 59.3 Å². The molecule has 8 nitrogen and oxygen atoms in total. The van der Waals surface area contributed by atoms with Gasteiger partial charge in [0, 0.05) is 18.6 Å². The van der Waals surface area contributed by atoms with E-state index < -0.39 is 18.5 Å². The number of ether oxygens (including phenoxy) is 4. The number of hydrogen-bond donors (Lipinski definition) is 1. The number of carbonyl (C=O) groups is 2. The molecule has 1 aromatic heterocycles. The van der Waals surface area contributed by atoms with Gasteiger partial charge in [0.15, 0.2) is 6.61 Å². The largest absolute Gasteiger partial charge is 0.497 e. The lowest BCUT2D eigenvalue weighted by Gasteiger charge is -2.14. The van der Waals surface area contributed by atoms with E-state index in [9.17, 15) is 9.59 Å². The highest BCUT2D eigenvalue weighted by Gasteiger charge is 2.21. The summed E-state index contributed by atoms with van der Waals surface area (Å²) in [6.07, 6.45) is 0. The molecular formula is C23H24N2O6. The zero-order valence-corrected chi connectivity index (χ0v) is 17.9. The molecular weight excluding hydrogens is 400 g/mol. The summed E-state index contributed by atoms with van der Waals surface area (Å²) in [5, 5.41) is 3.50. The monoisotopic (exact) mass is 424 g/mol. The standard InChI is InChI=1S/C23H24N2O6/c1-14-16-7-5-6-8-17(16)24-19(12-28-2)22(14)23(27)31-13-21(26)25-18-10-9-15(29-3)11-20(18)30-4/h5-11H,12-13H2,1-4H3,(H,25,26). The van der Waals surface area contributed by atoms with Crippen molar-refractivity contribution in [2.45, 2.75) is 13.5 Å². The molecule has 1 amide bonds. The lowest BCUT2D eigenvalue weighted by atomic mass is 10.0. The number of para-hydroxylation sites is 1. The van der Waals surface area contributed by atoms with Crippen LogP contribution in [0.15, 0.2) is 42.5 Å². The third-order valence-corrected chi connectivity index (χ3v) is 4.73. The molecule has 0 saturated carbocycles. The molecule has 1 heterocycles. The second-order valence-corrected chi connectivity index (χ2v) is 6.70. The average Bonchev–Trinajstić information content (AvgIpc) is 2.78. The zero-order valence-electron chi connectivity index (χ0n) is 17.9. The predicted molar refractivity (Wildman–Crippen MR) is 116 cm³/mol. The van der Waals surface area contributed by atoms with Crippen LogP contribution in [0.1, 0.15) is 21.6 Å². The van der Waals surface area contributed by atoms with Crippen molar-refractivity contribution in [1.29, 1.82) is 0 Å². The zero-order chi connectivity index (χ0) is 22.4. The fourth-order valence-corrected chi connectivity index (χ4v) is 3.24. The average molecular weight is 424 g/mol. The summed E-state index contributed by atoms with van der Waals surface area (Å²) in [7, 11) is 4.54. The van der Waals surface area contributed by atoms with E-state index in [-0.39, 0.29) is 6.61 Å². The van der Waals surface area contributed by atoms with Gasteiger partial charge in [0.05, 0.1) is 43.3 Å². The molecule has 0 fully saturated rings. The van der Waals surface area contributed by atoms with E-state index >= 15 is 0 Å². The fraction of sp³-hybridized carbons (Fsp3) is 0.261. The predicted octanol–water partition coefficient (Wildman–Crippen LogP) is 3.50. The van der Waals surface area contributed by atoms with Gasteiger partial charge in [0.25, 0.3) is 5.91 Å². The van der Waals surface area contributed by atoms with Crippen LogP contribution >= 0.6 is 0 Å². The van der Waals surface area contributed by atoms with E-state index in [1.54, 1.807) is 18.2 Å². The lowest BCUT2D eigenvalue weighted by Crippen LogP contribution is -2.22. The van der Waals surface area contributed by atoms with Gasteiger partial charge >= 0.3 is 5.97 Å². The fourth-order valence-electron chi connectivity index (χ4n) is 3.24. The number of esters is 1. The number of hydrogen-bond acceptors (Lipinski definition) is 7. The number of aromatic nitrogens is 1. The Morgan fingerprint density at radius 3 is 2.52 bits per heavy atom. The second kappa shape index (κ2) is 9.90. The molecule has 2 aromatic carbocycles. The van der Waals surface area contributed by atoms with Crippen molar-refractivity contribution in [2.24, 2.45) is 0 Å². The number of nitrogens with zero attached hydrogens (tertiary/aromatic N) is 1. The van der Waals surface area contributed by atoms with Crippen LogP contribution < -0.4 is 14.8 Å². The van der Waals surface area contributed by atoms with Gasteiger partial charge in [-0.05, 0) is 30.7 Å². The SMILES string of the molecule is COCc1nc2ccccc2c(C)c1C(=O)OCC(=O)Nc1ccc(OC)cc1OC. The van der Waals surface area contributed by atoms with E-state index in [0.29, 0.717) is 28.4 Å². The number of carbonyl (C=O) groups excluding carboxylic acids is 2. The summed E-state index contributed by atoms with van der Waals surface area (Å²) in [6, 6.07) is 12.5. The molecule has 0 spiro atoms. The first-order chi connectivity index (χ1) is 15.0. The molecule has 3 aromatic rings. The van der Waals surface area contributed by atoms with Crippen LogP contribution in [0, 0.1) is 6.92 Å². The van der Waals surface area contributed by atoms with Gasteiger partial charge in [0.1, 0.15) is 11.5 Å². The summed E-state index contributed by atoms with van der Waals surface area (Å²) in [5.41, 5.74) is 2.68. The first-order valence-electron chi connectivity index (χ1n) is 9.54. The molecule has 0 saturated heterocycles. The maximum atomic E-state index is 12.8. The Balaban J connectivity index is 1.76. The Bertz CT molecular complexity index is 1110. The maximum Gasteiger partial charge on any atom is 0.340 e. The van der Waals surface area contributed by atoms with Crippen LogP contribution in [-0.2, 0) is 20.9 Å². The number of rotatable bonds is 8. The second-order valence-electron chi connectivity index (χ2n) is 6.70. The highest BCUT2D eigenvalue weighted by atomic mass is 16.5. The van der Waals surface area contributed by atoms with Crippen molar-refractivity contribution < 1.29 is 28.5 Å². The minimum absolute atomic E-state index is 0.144. The van der Waals surface area contributed by atoms with Gasteiger partial charge in [-0.25, -0.2) is 9.78 Å². The summed E-state index contributed by atoms with van der Waals surface area (Å²) in [4.78, 5) is 29.7. The number of anilines is 1. The van der Waals surface area contributed by atoms with E-state index in [0.717, 1.165) is 16.5 Å². The van der Waals surface area contributed by atoms with E-state index in [1.807, 2.05) is 31.2 Å². The van der Waals surface area contributed by atoms with Crippen molar-refractivity contribution in [3.8, 4) is 11.5 Å². The van der Waals surface area contributed by atoms with Crippen molar-refractivity contribution >= 4 is 28.5 Å². The molecule has 0 aliphatic rings. The minimum Gasteiger partial charge on any atom is -0.497 e. The first-order valence-corrected chi connectivity index (χ1v) is 9.54. The quantitative estimate of drug-likeness (QED) is 0.553. The van der Waals surface area contributed by atoms with Gasteiger partial charge in [-0.1, -0.05) is 18.2 Å². The van der Waals surface area contributed by atoms with Crippen LogP contribution in [-0.4, -0.2) is 44.8 Å². The number of amides is 1. The minimum atomic E-state index is -0.639. The third-order valence-electron chi connectivity index (χ3n) is 4.73. The molecule has 162 valence electrons. The molecule has 0 aliphatic carbocycles. The number of methoxy groups -OCH3 is 3. The van der Waals surface area contributed by atoms with Crippen LogP contribution in [0.5, 0.6) is 11.5 Å². The lowest BCUT2D eigenvalue weighted by molar-refractivity contribution is -0.119. The van der Waals surface area contributed by atoms with E-state index in [4.69, 9.17) is 18.9 Å². The smallest absolute Gasteiger partial charge is 0.340 e. The molecule has 0 aliphatic heterocycles. The van der Waals surface area contributed by atoms with Crippen molar-refractivity contribution in [1.82, 2.24) is 4.98 Å². The third kappa shape index (κ3) is 4.92. The maximum absolute atomic E-state index is 12.8. The molecule has 0 atom stereocenters. The molecule has 0 unspecified atom stereocenters. The van der Waals surface area contributed by atoms with Gasteiger partial charge in [-0.2, -0.15) is 0 Å². The molecule has 1 N–H and O–H groups in total. The number of benzene rings is 2. The molecule has 0 bridgehead atoms. The van der Waals surface area contributed by atoms with E-state index in [1.165, 1.54) is 21.3 Å². The highest BCUT2D eigenvalue weighted by Crippen LogP contribution is 2.29. The van der Waals surface area contributed by atoms with Crippen LogP contribution in [0.25, 0.3) is 10.9 Å². The number of nitrogens with one attached hydrogen (secondary N) is 1. The molecule has 31 heavy (non-hydrogen) atoms. The Hall–Kier alpha value is -3.65.